The average molecular weight is 330 g/mol. The van der Waals surface area contributed by atoms with Gasteiger partial charge in [0.25, 0.3) is 5.56 Å². The summed E-state index contributed by atoms with van der Waals surface area (Å²) >= 11 is 0. The molecule has 1 saturated heterocycles. The number of aromatic nitrogens is 3. The first kappa shape index (κ1) is 16.9. The Bertz CT molecular complexity index is 757. The largest absolute Gasteiger partial charge is 0.448 e. The third-order valence-electron chi connectivity index (χ3n) is 4.72. The topological polar surface area (TPSA) is 64.2 Å². The molecule has 130 valence electrons. The number of nitrogens with zero attached hydrogens (tertiary/aromatic N) is 4. The molecule has 1 fully saturated rings. The van der Waals surface area contributed by atoms with Crippen molar-refractivity contribution in [2.24, 2.45) is 0 Å². The van der Waals surface area contributed by atoms with Crippen LogP contribution in [0.4, 0.5) is 0 Å². The maximum Gasteiger partial charge on any atom is 0.266 e. The minimum Gasteiger partial charge on any atom is -0.448 e. The second-order valence-corrected chi connectivity index (χ2v) is 7.61. The van der Waals surface area contributed by atoms with E-state index >= 15 is 0 Å². The number of rotatable bonds is 4. The van der Waals surface area contributed by atoms with Crippen molar-refractivity contribution in [3.8, 4) is 0 Å². The highest BCUT2D eigenvalue weighted by atomic mass is 16.3. The summed E-state index contributed by atoms with van der Waals surface area (Å²) in [6, 6.07) is 3.78. The van der Waals surface area contributed by atoms with Crippen LogP contribution >= 0.6 is 0 Å². The molecule has 1 aliphatic heterocycles. The van der Waals surface area contributed by atoms with Gasteiger partial charge >= 0.3 is 0 Å². The van der Waals surface area contributed by atoms with Gasteiger partial charge in [-0.05, 0) is 32.4 Å². The van der Waals surface area contributed by atoms with Gasteiger partial charge in [0.15, 0.2) is 6.39 Å². The number of aryl methyl sites for hydroxylation is 1. The Morgan fingerprint density at radius 3 is 2.79 bits per heavy atom. The van der Waals surface area contributed by atoms with Crippen LogP contribution in [0, 0.1) is 6.92 Å². The third-order valence-corrected chi connectivity index (χ3v) is 4.72. The normalized spacial score (nSPS) is 19.1. The van der Waals surface area contributed by atoms with E-state index in [-0.39, 0.29) is 11.0 Å². The van der Waals surface area contributed by atoms with Crippen molar-refractivity contribution in [3.05, 3.63) is 46.0 Å². The van der Waals surface area contributed by atoms with Crippen LogP contribution in [0.25, 0.3) is 0 Å². The van der Waals surface area contributed by atoms with Gasteiger partial charge in [0.2, 0.25) is 0 Å². The van der Waals surface area contributed by atoms with Crippen LogP contribution in [0.2, 0.25) is 0 Å². The van der Waals surface area contributed by atoms with Gasteiger partial charge in [0.1, 0.15) is 5.76 Å². The van der Waals surface area contributed by atoms with E-state index in [4.69, 9.17) is 4.42 Å². The predicted molar refractivity (Wildman–Crippen MR) is 91.9 cm³/mol. The lowest BCUT2D eigenvalue weighted by Crippen LogP contribution is -2.37. The predicted octanol–water partition coefficient (Wildman–Crippen LogP) is 2.50. The van der Waals surface area contributed by atoms with Gasteiger partial charge < -0.3 is 4.42 Å². The molecule has 0 N–H and O–H groups in total. The number of oxazole rings is 1. The lowest BCUT2D eigenvalue weighted by Gasteiger charge is -2.25. The summed E-state index contributed by atoms with van der Waals surface area (Å²) in [5.41, 5.74) is 1.82. The second-order valence-electron chi connectivity index (χ2n) is 7.61. The van der Waals surface area contributed by atoms with Gasteiger partial charge in [-0.15, -0.1) is 0 Å². The minimum absolute atomic E-state index is 0.0348. The first-order chi connectivity index (χ1) is 11.3. The fourth-order valence-corrected chi connectivity index (χ4v) is 3.16. The third kappa shape index (κ3) is 3.59. The summed E-state index contributed by atoms with van der Waals surface area (Å²) < 4.78 is 6.92. The molecule has 0 spiro atoms. The summed E-state index contributed by atoms with van der Waals surface area (Å²) in [6.45, 7) is 10.7. The number of hydrogen-bond acceptors (Lipinski definition) is 5. The van der Waals surface area contributed by atoms with Crippen molar-refractivity contribution < 1.29 is 4.42 Å². The van der Waals surface area contributed by atoms with Gasteiger partial charge in [0.05, 0.1) is 17.9 Å². The standard InChI is InChI=1S/C18H26N4O2/c1-13-15(19-12-24-13)11-21-9-5-6-14(21)10-22-17(23)8-7-16(20-22)18(2,3)4/h7-8,12,14H,5-6,9-11H2,1-4H3. The smallest absolute Gasteiger partial charge is 0.266 e. The average Bonchev–Trinajstić information content (AvgIpc) is 3.11. The molecule has 2 aromatic rings. The summed E-state index contributed by atoms with van der Waals surface area (Å²) in [7, 11) is 0. The molecule has 0 amide bonds. The first-order valence-corrected chi connectivity index (χ1v) is 8.56. The van der Waals surface area contributed by atoms with Crippen LogP contribution in [-0.4, -0.2) is 32.3 Å². The molecular formula is C18H26N4O2. The van der Waals surface area contributed by atoms with E-state index in [0.29, 0.717) is 12.6 Å². The zero-order valence-corrected chi connectivity index (χ0v) is 15.0. The Labute approximate surface area is 142 Å². The molecule has 2 aromatic heterocycles. The van der Waals surface area contributed by atoms with E-state index in [9.17, 15) is 4.79 Å². The Kier molecular flexibility index (Phi) is 4.58. The van der Waals surface area contributed by atoms with E-state index in [1.165, 1.54) is 6.39 Å². The zero-order chi connectivity index (χ0) is 17.3. The highest BCUT2D eigenvalue weighted by Crippen LogP contribution is 2.22. The van der Waals surface area contributed by atoms with Crippen LogP contribution < -0.4 is 5.56 Å². The summed E-state index contributed by atoms with van der Waals surface area (Å²) in [5.74, 6) is 0.866. The lowest BCUT2D eigenvalue weighted by atomic mass is 9.92. The number of hydrogen-bond donors (Lipinski definition) is 0. The summed E-state index contributed by atoms with van der Waals surface area (Å²) in [5, 5.41) is 4.60. The van der Waals surface area contributed by atoms with Crippen LogP contribution in [0.1, 0.15) is 50.8 Å². The Hall–Kier alpha value is -1.95. The second kappa shape index (κ2) is 6.51. The molecule has 0 saturated carbocycles. The van der Waals surface area contributed by atoms with Crippen molar-refractivity contribution >= 4 is 0 Å². The molecule has 6 nitrogen and oxygen atoms in total. The fraction of sp³-hybridized carbons (Fsp3) is 0.611. The molecule has 24 heavy (non-hydrogen) atoms. The molecule has 1 aliphatic rings. The molecule has 6 heteroatoms. The van der Waals surface area contributed by atoms with Crippen LogP contribution in [0.3, 0.4) is 0 Å². The monoisotopic (exact) mass is 330 g/mol. The molecule has 3 rings (SSSR count). The highest BCUT2D eigenvalue weighted by molar-refractivity contribution is 5.11. The van der Waals surface area contributed by atoms with E-state index in [0.717, 1.165) is 43.1 Å². The van der Waals surface area contributed by atoms with Crippen LogP contribution in [-0.2, 0) is 18.5 Å². The fourth-order valence-electron chi connectivity index (χ4n) is 3.16. The van der Waals surface area contributed by atoms with Gasteiger partial charge in [-0.25, -0.2) is 9.67 Å². The van der Waals surface area contributed by atoms with Crippen molar-refractivity contribution in [1.29, 1.82) is 0 Å². The highest BCUT2D eigenvalue weighted by Gasteiger charge is 2.27. The van der Waals surface area contributed by atoms with Crippen molar-refractivity contribution in [2.75, 3.05) is 6.54 Å². The van der Waals surface area contributed by atoms with Crippen molar-refractivity contribution in [1.82, 2.24) is 19.7 Å². The molecule has 0 bridgehead atoms. The van der Waals surface area contributed by atoms with E-state index in [2.05, 4.69) is 35.8 Å². The van der Waals surface area contributed by atoms with Crippen molar-refractivity contribution in [2.45, 2.75) is 65.1 Å². The summed E-state index contributed by atoms with van der Waals surface area (Å²) in [4.78, 5) is 18.9. The maximum absolute atomic E-state index is 12.2. The van der Waals surface area contributed by atoms with E-state index < -0.39 is 0 Å². The van der Waals surface area contributed by atoms with Gasteiger partial charge in [-0.1, -0.05) is 20.8 Å². The van der Waals surface area contributed by atoms with Gasteiger partial charge in [-0.2, -0.15) is 5.10 Å². The van der Waals surface area contributed by atoms with Crippen LogP contribution in [0.15, 0.2) is 27.7 Å². The molecule has 0 aromatic carbocycles. The lowest BCUT2D eigenvalue weighted by molar-refractivity contribution is 0.212. The van der Waals surface area contributed by atoms with Crippen LogP contribution in [0.5, 0.6) is 0 Å². The Morgan fingerprint density at radius 1 is 1.33 bits per heavy atom. The molecule has 1 atom stereocenters. The molecule has 1 unspecified atom stereocenters. The minimum atomic E-state index is -0.0668. The van der Waals surface area contributed by atoms with Gasteiger partial charge in [-0.3, -0.25) is 9.69 Å². The van der Waals surface area contributed by atoms with E-state index in [1.54, 1.807) is 10.7 Å². The molecule has 0 aliphatic carbocycles. The Balaban J connectivity index is 1.77. The molecule has 0 radical (unpaired) electrons. The quantitative estimate of drug-likeness (QED) is 0.862. The number of likely N-dealkylation sites (tertiary alicyclic amines) is 1. The van der Waals surface area contributed by atoms with Crippen molar-refractivity contribution in [3.63, 3.8) is 0 Å². The SMILES string of the molecule is Cc1ocnc1CN1CCCC1Cn1nc(C(C)(C)C)ccc1=O. The van der Waals surface area contributed by atoms with Gasteiger partial charge in [0, 0.05) is 24.1 Å². The summed E-state index contributed by atoms with van der Waals surface area (Å²) in [6.07, 6.45) is 3.70. The maximum atomic E-state index is 12.2. The molecule has 3 heterocycles. The Morgan fingerprint density at radius 2 is 2.12 bits per heavy atom. The van der Waals surface area contributed by atoms with E-state index in [1.807, 2.05) is 13.0 Å². The molecular weight excluding hydrogens is 304 g/mol. The first-order valence-electron chi connectivity index (χ1n) is 8.56. The zero-order valence-electron chi connectivity index (χ0n) is 15.0.